The Hall–Kier alpha value is -2.87. The molecule has 2 aromatic rings. The summed E-state index contributed by atoms with van der Waals surface area (Å²) in [7, 11) is -0.0108. The fourth-order valence-electron chi connectivity index (χ4n) is 2.90. The van der Waals surface area contributed by atoms with Crippen molar-refractivity contribution >= 4 is 28.5 Å². The van der Waals surface area contributed by atoms with Gasteiger partial charge in [-0.1, -0.05) is 32.0 Å². The van der Waals surface area contributed by atoms with Crippen LogP contribution in [0.15, 0.2) is 52.5 Å². The van der Waals surface area contributed by atoms with Gasteiger partial charge in [0.2, 0.25) is 0 Å². The number of methoxy groups -OCH3 is 1. The van der Waals surface area contributed by atoms with Crippen LogP contribution in [-0.4, -0.2) is 39.6 Å². The summed E-state index contributed by atoms with van der Waals surface area (Å²) in [5, 5.41) is 2.73. The van der Waals surface area contributed by atoms with Gasteiger partial charge in [0.05, 0.1) is 29.2 Å². The van der Waals surface area contributed by atoms with Gasteiger partial charge in [-0.25, -0.2) is 9.79 Å². The van der Waals surface area contributed by atoms with Gasteiger partial charge >= 0.3 is 5.97 Å². The molecule has 3 rings (SSSR count). The number of hydrogen-bond donors (Lipinski definition) is 1. The second-order valence-corrected chi connectivity index (χ2v) is 8.70. The number of benzene rings is 1. The number of ether oxygens (including phenoxy) is 1. The first-order valence-electron chi connectivity index (χ1n) is 9.18. The minimum Gasteiger partial charge on any atom is -0.465 e. The number of pyridine rings is 1. The molecule has 8 heteroatoms. The molecule has 29 heavy (non-hydrogen) atoms. The molecule has 1 N–H and O–H groups in total. The smallest absolute Gasteiger partial charge is 0.340 e. The van der Waals surface area contributed by atoms with Crippen molar-refractivity contribution in [1.82, 2.24) is 10.3 Å². The molecular formula is C21H23N3O4S. The van der Waals surface area contributed by atoms with Gasteiger partial charge in [-0.05, 0) is 36.6 Å². The van der Waals surface area contributed by atoms with Crippen LogP contribution in [0.2, 0.25) is 0 Å². The molecule has 0 fully saturated rings. The van der Waals surface area contributed by atoms with Gasteiger partial charge in [0.25, 0.3) is 5.91 Å². The maximum atomic E-state index is 12.6. The Kier molecular flexibility index (Phi) is 5.93. The zero-order valence-electron chi connectivity index (χ0n) is 16.8. The molecule has 1 aliphatic rings. The van der Waals surface area contributed by atoms with Crippen LogP contribution in [0.1, 0.15) is 42.4 Å². The summed E-state index contributed by atoms with van der Waals surface area (Å²) >= 11 is 0. The van der Waals surface area contributed by atoms with Crippen LogP contribution in [0.4, 0.5) is 0 Å². The molecule has 152 valence electrons. The molecule has 1 aromatic heterocycles. The Balaban J connectivity index is 1.97. The largest absolute Gasteiger partial charge is 0.465 e. The molecule has 2 unspecified atom stereocenters. The second kappa shape index (κ2) is 8.24. The number of amides is 1. The van der Waals surface area contributed by atoms with Crippen LogP contribution in [-0.2, 0) is 26.1 Å². The molecule has 1 aliphatic heterocycles. The van der Waals surface area contributed by atoms with Crippen LogP contribution in [0.5, 0.6) is 0 Å². The molecule has 0 saturated carbocycles. The SMILES string of the molecule is COC(=O)c1cc(CS(=O)c2ccccc2)cnc1C1=NC(C)(C(C)C)C(=O)N1. The molecule has 1 aromatic carbocycles. The Morgan fingerprint density at radius 3 is 2.55 bits per heavy atom. The Morgan fingerprint density at radius 1 is 1.28 bits per heavy atom. The fourth-order valence-corrected chi connectivity index (χ4v) is 3.98. The molecule has 0 saturated heterocycles. The highest BCUT2D eigenvalue weighted by molar-refractivity contribution is 7.84. The molecule has 0 radical (unpaired) electrons. The van der Waals surface area contributed by atoms with Gasteiger partial charge in [0, 0.05) is 11.1 Å². The van der Waals surface area contributed by atoms with Crippen molar-refractivity contribution in [2.24, 2.45) is 10.9 Å². The van der Waals surface area contributed by atoms with Crippen LogP contribution < -0.4 is 5.32 Å². The van der Waals surface area contributed by atoms with Crippen molar-refractivity contribution in [3.05, 3.63) is 59.4 Å². The third-order valence-corrected chi connectivity index (χ3v) is 6.43. The predicted octanol–water partition coefficient (Wildman–Crippen LogP) is 2.47. The van der Waals surface area contributed by atoms with E-state index >= 15 is 0 Å². The van der Waals surface area contributed by atoms with E-state index in [1.807, 2.05) is 32.0 Å². The molecule has 0 aliphatic carbocycles. The zero-order valence-corrected chi connectivity index (χ0v) is 17.6. The highest BCUT2D eigenvalue weighted by Crippen LogP contribution is 2.27. The standard InChI is InChI=1S/C21H23N3O4S/c1-13(2)21(3)20(26)23-18(24-21)17-16(19(25)28-4)10-14(11-22-17)12-29(27)15-8-6-5-7-9-15/h5-11,13H,12H2,1-4H3,(H,23,24,26). The molecule has 7 nitrogen and oxygen atoms in total. The Morgan fingerprint density at radius 2 is 1.97 bits per heavy atom. The van der Waals surface area contributed by atoms with Crippen molar-refractivity contribution in [1.29, 1.82) is 0 Å². The minimum atomic E-state index is -1.28. The number of esters is 1. The van der Waals surface area contributed by atoms with Gasteiger partial charge in [-0.15, -0.1) is 0 Å². The summed E-state index contributed by atoms with van der Waals surface area (Å²) in [5.74, 6) is -0.440. The van der Waals surface area contributed by atoms with Crippen LogP contribution in [0, 0.1) is 5.92 Å². The zero-order chi connectivity index (χ0) is 21.2. The first kappa shape index (κ1) is 20.9. The first-order chi connectivity index (χ1) is 13.8. The lowest BCUT2D eigenvalue weighted by Crippen LogP contribution is -2.41. The average Bonchev–Trinajstić information content (AvgIpc) is 3.03. The third-order valence-electron chi connectivity index (χ3n) is 5.04. The lowest BCUT2D eigenvalue weighted by atomic mass is 9.89. The summed E-state index contributed by atoms with van der Waals surface area (Å²) in [6, 6.07) is 10.7. The van der Waals surface area contributed by atoms with E-state index in [0.717, 1.165) is 0 Å². The number of aliphatic imine (C=N–C) groups is 1. The number of carbonyl (C=O) groups excluding carboxylic acids is 2. The van der Waals surface area contributed by atoms with Gasteiger partial charge in [0.1, 0.15) is 11.2 Å². The van der Waals surface area contributed by atoms with Crippen molar-refractivity contribution in [3.8, 4) is 0 Å². The van der Waals surface area contributed by atoms with E-state index in [-0.39, 0.29) is 34.7 Å². The molecule has 0 spiro atoms. The summed E-state index contributed by atoms with van der Waals surface area (Å²) in [6.07, 6.45) is 1.54. The van der Waals surface area contributed by atoms with Gasteiger partial charge in [-0.2, -0.15) is 0 Å². The van der Waals surface area contributed by atoms with E-state index < -0.39 is 22.3 Å². The summed E-state index contributed by atoms with van der Waals surface area (Å²) in [6.45, 7) is 5.56. The maximum absolute atomic E-state index is 12.6. The van der Waals surface area contributed by atoms with E-state index in [2.05, 4.69) is 15.3 Å². The number of aromatic nitrogens is 1. The number of hydrogen-bond acceptors (Lipinski definition) is 6. The second-order valence-electron chi connectivity index (χ2n) is 7.25. The monoisotopic (exact) mass is 413 g/mol. The molecular weight excluding hydrogens is 390 g/mol. The normalized spacial score (nSPS) is 19.6. The van der Waals surface area contributed by atoms with E-state index in [9.17, 15) is 13.8 Å². The topological polar surface area (TPSA) is 97.7 Å². The van der Waals surface area contributed by atoms with Gasteiger partial charge in [-0.3, -0.25) is 14.0 Å². The van der Waals surface area contributed by atoms with E-state index in [1.165, 1.54) is 7.11 Å². The highest BCUT2D eigenvalue weighted by atomic mass is 32.2. The summed E-state index contributed by atoms with van der Waals surface area (Å²) in [5.41, 5.74) is 0.0940. The predicted molar refractivity (Wildman–Crippen MR) is 110 cm³/mol. The summed E-state index contributed by atoms with van der Waals surface area (Å²) in [4.78, 5) is 34.4. The van der Waals surface area contributed by atoms with Crippen LogP contribution in [0.25, 0.3) is 0 Å². The lowest BCUT2D eigenvalue weighted by Gasteiger charge is -2.21. The van der Waals surface area contributed by atoms with Crippen molar-refractivity contribution in [2.45, 2.75) is 37.0 Å². The van der Waals surface area contributed by atoms with Gasteiger partial charge < -0.3 is 10.1 Å². The third kappa shape index (κ3) is 4.12. The summed E-state index contributed by atoms with van der Waals surface area (Å²) < 4.78 is 17.5. The molecule has 2 atom stereocenters. The Labute approximate surface area is 172 Å². The van der Waals surface area contributed by atoms with Crippen molar-refractivity contribution in [3.63, 3.8) is 0 Å². The Bertz CT molecular complexity index is 1000. The quantitative estimate of drug-likeness (QED) is 0.734. The number of rotatable bonds is 6. The fraction of sp³-hybridized carbons (Fsp3) is 0.333. The number of nitrogens with zero attached hydrogens (tertiary/aromatic N) is 2. The highest BCUT2D eigenvalue weighted by Gasteiger charge is 2.43. The number of nitrogens with one attached hydrogen (secondary N) is 1. The van der Waals surface area contributed by atoms with Gasteiger partial charge in [0.15, 0.2) is 5.84 Å². The van der Waals surface area contributed by atoms with E-state index in [0.29, 0.717) is 10.5 Å². The van der Waals surface area contributed by atoms with Crippen LogP contribution in [0.3, 0.4) is 0 Å². The van der Waals surface area contributed by atoms with Crippen LogP contribution >= 0.6 is 0 Å². The average molecular weight is 413 g/mol. The lowest BCUT2D eigenvalue weighted by molar-refractivity contribution is -0.124. The minimum absolute atomic E-state index is 0.0332. The maximum Gasteiger partial charge on any atom is 0.340 e. The number of carbonyl (C=O) groups is 2. The van der Waals surface area contributed by atoms with E-state index in [1.54, 1.807) is 31.3 Å². The molecule has 0 bridgehead atoms. The first-order valence-corrected chi connectivity index (χ1v) is 10.5. The van der Waals surface area contributed by atoms with Crippen molar-refractivity contribution in [2.75, 3.05) is 7.11 Å². The number of amidine groups is 1. The van der Waals surface area contributed by atoms with E-state index in [4.69, 9.17) is 4.74 Å². The van der Waals surface area contributed by atoms with Crippen molar-refractivity contribution < 1.29 is 18.5 Å². The molecule has 1 amide bonds. The molecule has 2 heterocycles.